The Balaban J connectivity index is 2.22. The minimum Gasteiger partial charge on any atom is -0.508 e. The topological polar surface area (TPSA) is 93.2 Å². The minimum absolute atomic E-state index is 0.0399. The van der Waals surface area contributed by atoms with Crippen LogP contribution in [0.3, 0.4) is 0 Å². The monoisotopic (exact) mass is 290 g/mol. The van der Waals surface area contributed by atoms with Crippen molar-refractivity contribution in [3.8, 4) is 5.75 Å². The van der Waals surface area contributed by atoms with E-state index in [2.05, 4.69) is 10.4 Å². The number of nitro groups is 1. The van der Waals surface area contributed by atoms with Crippen LogP contribution in [0.5, 0.6) is 5.75 Å². The van der Waals surface area contributed by atoms with E-state index in [1.54, 1.807) is 31.3 Å². The molecule has 0 unspecified atom stereocenters. The number of anilines is 1. The number of nitrogens with one attached hydrogen (secondary N) is 1. The summed E-state index contributed by atoms with van der Waals surface area (Å²) in [5.41, 5.74) is 1.46. The number of aromatic hydroxyl groups is 1. The molecule has 0 amide bonds. The summed E-state index contributed by atoms with van der Waals surface area (Å²) in [4.78, 5) is 10.9. The fraction of sp³-hybridized carbons (Fsp3) is 0.357. The predicted molar refractivity (Wildman–Crippen MR) is 79.3 cm³/mol. The lowest BCUT2D eigenvalue weighted by Crippen LogP contribution is -2.06. The van der Waals surface area contributed by atoms with Crippen LogP contribution in [0.2, 0.25) is 0 Å². The highest BCUT2D eigenvalue weighted by molar-refractivity contribution is 5.60. The molecule has 2 rings (SSSR count). The van der Waals surface area contributed by atoms with Gasteiger partial charge in [-0.3, -0.25) is 10.1 Å². The normalized spacial score (nSPS) is 10.6. The number of nitrogens with zero attached hydrogens (tertiary/aromatic N) is 3. The van der Waals surface area contributed by atoms with Crippen molar-refractivity contribution in [2.45, 2.75) is 26.3 Å². The number of phenols is 1. The Morgan fingerprint density at radius 2 is 2.05 bits per heavy atom. The molecule has 7 nitrogen and oxygen atoms in total. The van der Waals surface area contributed by atoms with E-state index in [-0.39, 0.29) is 11.4 Å². The summed E-state index contributed by atoms with van der Waals surface area (Å²) in [6, 6.07) is 6.68. The van der Waals surface area contributed by atoms with E-state index in [1.165, 1.54) is 4.68 Å². The summed E-state index contributed by atoms with van der Waals surface area (Å²) in [6.07, 6.45) is 1.38. The molecule has 0 saturated heterocycles. The van der Waals surface area contributed by atoms with E-state index in [0.29, 0.717) is 24.5 Å². The van der Waals surface area contributed by atoms with Crippen LogP contribution in [0.4, 0.5) is 11.5 Å². The lowest BCUT2D eigenvalue weighted by molar-refractivity contribution is -0.384. The summed E-state index contributed by atoms with van der Waals surface area (Å²) in [5, 5.41) is 27.8. The molecule has 0 aliphatic carbocycles. The van der Waals surface area contributed by atoms with Gasteiger partial charge in [-0.2, -0.15) is 5.10 Å². The van der Waals surface area contributed by atoms with Crippen LogP contribution in [0.1, 0.15) is 24.6 Å². The average molecular weight is 290 g/mol. The predicted octanol–water partition coefficient (Wildman–Crippen LogP) is 2.60. The van der Waals surface area contributed by atoms with Crippen molar-refractivity contribution in [2.24, 2.45) is 7.05 Å². The van der Waals surface area contributed by atoms with Gasteiger partial charge in [0.25, 0.3) is 0 Å². The average Bonchev–Trinajstić information content (AvgIpc) is 2.75. The minimum atomic E-state index is -0.392. The Kier molecular flexibility index (Phi) is 4.42. The maximum absolute atomic E-state index is 11.3. The van der Waals surface area contributed by atoms with Crippen molar-refractivity contribution in [3.05, 3.63) is 45.6 Å². The Morgan fingerprint density at radius 1 is 1.38 bits per heavy atom. The van der Waals surface area contributed by atoms with Gasteiger partial charge in [-0.05, 0) is 24.1 Å². The molecular weight excluding hydrogens is 272 g/mol. The molecule has 2 aromatic rings. The molecule has 21 heavy (non-hydrogen) atoms. The van der Waals surface area contributed by atoms with Gasteiger partial charge < -0.3 is 10.4 Å². The largest absolute Gasteiger partial charge is 0.508 e. The van der Waals surface area contributed by atoms with Gasteiger partial charge in [0.2, 0.25) is 5.82 Å². The molecule has 0 fully saturated rings. The van der Waals surface area contributed by atoms with Gasteiger partial charge in [-0.1, -0.05) is 25.5 Å². The second-order valence-electron chi connectivity index (χ2n) is 4.79. The van der Waals surface area contributed by atoms with Gasteiger partial charge in [-0.15, -0.1) is 0 Å². The smallest absolute Gasteiger partial charge is 0.334 e. The van der Waals surface area contributed by atoms with Crippen LogP contribution in [0.15, 0.2) is 24.3 Å². The molecule has 7 heteroatoms. The van der Waals surface area contributed by atoms with E-state index < -0.39 is 4.92 Å². The summed E-state index contributed by atoms with van der Waals surface area (Å²) in [5.74, 6) is 0.590. The van der Waals surface area contributed by atoms with Crippen LogP contribution in [-0.4, -0.2) is 19.8 Å². The van der Waals surface area contributed by atoms with Crippen LogP contribution >= 0.6 is 0 Å². The van der Waals surface area contributed by atoms with Crippen molar-refractivity contribution in [2.75, 3.05) is 5.32 Å². The fourth-order valence-corrected chi connectivity index (χ4v) is 2.16. The van der Waals surface area contributed by atoms with E-state index in [4.69, 9.17) is 0 Å². The number of aryl methyl sites for hydroxylation is 2. The first-order valence-corrected chi connectivity index (χ1v) is 6.75. The van der Waals surface area contributed by atoms with Crippen LogP contribution < -0.4 is 5.32 Å². The third kappa shape index (κ3) is 3.31. The molecule has 0 spiro atoms. The molecule has 0 aliphatic rings. The highest BCUT2D eigenvalue weighted by Gasteiger charge is 2.25. The first-order valence-electron chi connectivity index (χ1n) is 6.75. The zero-order chi connectivity index (χ0) is 15.4. The zero-order valence-electron chi connectivity index (χ0n) is 12.0. The van der Waals surface area contributed by atoms with Crippen molar-refractivity contribution < 1.29 is 10.0 Å². The number of hydrogen-bond donors (Lipinski definition) is 2. The highest BCUT2D eigenvalue weighted by Crippen LogP contribution is 2.29. The number of benzene rings is 1. The molecule has 0 saturated carbocycles. The van der Waals surface area contributed by atoms with E-state index >= 15 is 0 Å². The number of aromatic nitrogens is 2. The summed E-state index contributed by atoms with van der Waals surface area (Å²) >= 11 is 0. The van der Waals surface area contributed by atoms with Crippen molar-refractivity contribution in [1.29, 1.82) is 0 Å². The molecule has 1 aromatic carbocycles. The Bertz CT molecular complexity index is 634. The van der Waals surface area contributed by atoms with Gasteiger partial charge in [0.05, 0.1) is 4.92 Å². The summed E-state index contributed by atoms with van der Waals surface area (Å²) < 4.78 is 1.50. The van der Waals surface area contributed by atoms with E-state index in [0.717, 1.165) is 12.0 Å². The molecule has 0 atom stereocenters. The second kappa shape index (κ2) is 6.25. The van der Waals surface area contributed by atoms with Crippen molar-refractivity contribution in [3.63, 3.8) is 0 Å². The molecule has 2 N–H and O–H groups in total. The standard InChI is InChI=1S/C14H18N4O3/c1-3-4-12-13(18(20)21)14(17(2)16-12)15-9-10-5-7-11(19)8-6-10/h5-8,15,19H,3-4,9H2,1-2H3. The summed E-state index contributed by atoms with van der Waals surface area (Å²) in [7, 11) is 1.69. The fourth-order valence-electron chi connectivity index (χ4n) is 2.16. The van der Waals surface area contributed by atoms with Crippen LogP contribution in [-0.2, 0) is 20.0 Å². The molecular formula is C14H18N4O3. The maximum atomic E-state index is 11.3. The van der Waals surface area contributed by atoms with Gasteiger partial charge in [0.15, 0.2) is 0 Å². The third-order valence-corrected chi connectivity index (χ3v) is 3.16. The molecule has 0 aliphatic heterocycles. The van der Waals surface area contributed by atoms with E-state index in [1.807, 2.05) is 6.92 Å². The van der Waals surface area contributed by atoms with Crippen molar-refractivity contribution >= 4 is 11.5 Å². The maximum Gasteiger partial charge on any atom is 0.334 e. The zero-order valence-corrected chi connectivity index (χ0v) is 12.0. The first-order chi connectivity index (χ1) is 10.0. The Labute approximate surface area is 122 Å². The molecule has 0 bridgehead atoms. The van der Waals surface area contributed by atoms with Gasteiger partial charge in [0.1, 0.15) is 11.4 Å². The number of hydrogen-bond acceptors (Lipinski definition) is 5. The molecule has 1 heterocycles. The SMILES string of the molecule is CCCc1nn(C)c(NCc2ccc(O)cc2)c1[N+](=O)[O-]. The van der Waals surface area contributed by atoms with Crippen molar-refractivity contribution in [1.82, 2.24) is 9.78 Å². The van der Waals surface area contributed by atoms with Crippen LogP contribution in [0, 0.1) is 10.1 Å². The van der Waals surface area contributed by atoms with Gasteiger partial charge in [0, 0.05) is 13.6 Å². The molecule has 1 aromatic heterocycles. The highest BCUT2D eigenvalue weighted by atomic mass is 16.6. The quantitative estimate of drug-likeness (QED) is 0.630. The second-order valence-corrected chi connectivity index (χ2v) is 4.79. The summed E-state index contributed by atoms with van der Waals surface area (Å²) in [6.45, 7) is 2.38. The first kappa shape index (κ1) is 14.8. The number of phenolic OH excluding ortho intramolecular Hbond substituents is 1. The van der Waals surface area contributed by atoms with Gasteiger partial charge in [-0.25, -0.2) is 4.68 Å². The Hall–Kier alpha value is -2.57. The molecule has 0 radical (unpaired) electrons. The lowest BCUT2D eigenvalue weighted by Gasteiger charge is -2.06. The Morgan fingerprint density at radius 3 is 2.62 bits per heavy atom. The number of rotatable bonds is 6. The van der Waals surface area contributed by atoms with Gasteiger partial charge >= 0.3 is 5.69 Å². The van der Waals surface area contributed by atoms with E-state index in [9.17, 15) is 15.2 Å². The lowest BCUT2D eigenvalue weighted by atomic mass is 10.2. The third-order valence-electron chi connectivity index (χ3n) is 3.16. The molecule has 112 valence electrons. The van der Waals surface area contributed by atoms with Crippen LogP contribution in [0.25, 0.3) is 0 Å².